The zero-order chi connectivity index (χ0) is 8.65. The first-order valence-corrected chi connectivity index (χ1v) is 4.37. The summed E-state index contributed by atoms with van der Waals surface area (Å²) in [6.07, 6.45) is -3.81. The highest BCUT2D eigenvalue weighted by Gasteiger charge is 2.47. The third-order valence-corrected chi connectivity index (χ3v) is 2.89. The molecule has 0 radical (unpaired) electrons. The lowest BCUT2D eigenvalue weighted by Gasteiger charge is -2.19. The van der Waals surface area contributed by atoms with Crippen LogP contribution in [0.5, 0.6) is 0 Å². The molecule has 0 bridgehead atoms. The Morgan fingerprint density at radius 2 is 2.00 bits per heavy atom. The highest BCUT2D eigenvalue weighted by atomic mass is 127. The van der Waals surface area contributed by atoms with Crippen molar-refractivity contribution in [1.82, 2.24) is 3.11 Å². The van der Waals surface area contributed by atoms with Crippen molar-refractivity contribution >= 4 is 22.9 Å². The molecule has 0 saturated carbocycles. The van der Waals surface area contributed by atoms with Gasteiger partial charge >= 0.3 is 6.18 Å². The monoisotopic (exact) mass is 279 g/mol. The van der Waals surface area contributed by atoms with Gasteiger partial charge in [0.2, 0.25) is 0 Å². The SMILES string of the molecule is CC1CC(C(F)(F)F)N(I)C1. The largest absolute Gasteiger partial charge is 0.404 e. The molecule has 2 unspecified atom stereocenters. The van der Waals surface area contributed by atoms with Gasteiger partial charge in [-0.25, -0.2) is 3.11 Å². The van der Waals surface area contributed by atoms with E-state index in [4.69, 9.17) is 0 Å². The average molecular weight is 279 g/mol. The van der Waals surface area contributed by atoms with Crippen LogP contribution in [0.3, 0.4) is 0 Å². The molecular formula is C6H9F3IN. The van der Waals surface area contributed by atoms with Crippen LogP contribution < -0.4 is 0 Å². The standard InChI is InChI=1S/C6H9F3IN/c1-4-2-5(6(7,8)9)11(10)3-4/h4-5H,2-3H2,1H3. The zero-order valence-corrected chi connectivity index (χ0v) is 8.19. The second-order valence-corrected chi connectivity index (χ2v) is 4.22. The Kier molecular flexibility index (Phi) is 2.68. The fourth-order valence-corrected chi connectivity index (χ4v) is 2.50. The van der Waals surface area contributed by atoms with Gasteiger partial charge < -0.3 is 0 Å². The van der Waals surface area contributed by atoms with Gasteiger partial charge in [0.25, 0.3) is 0 Å². The lowest BCUT2D eigenvalue weighted by atomic mass is 10.1. The van der Waals surface area contributed by atoms with Crippen molar-refractivity contribution in [1.29, 1.82) is 0 Å². The average Bonchev–Trinajstić information content (AvgIpc) is 2.08. The van der Waals surface area contributed by atoms with Gasteiger partial charge in [0.05, 0.1) is 0 Å². The number of hydrogen-bond donors (Lipinski definition) is 0. The molecule has 1 fully saturated rings. The molecule has 0 aromatic heterocycles. The topological polar surface area (TPSA) is 3.24 Å². The van der Waals surface area contributed by atoms with Crippen molar-refractivity contribution in [3.8, 4) is 0 Å². The molecule has 1 aliphatic heterocycles. The van der Waals surface area contributed by atoms with E-state index in [2.05, 4.69) is 0 Å². The van der Waals surface area contributed by atoms with Gasteiger partial charge in [-0.2, -0.15) is 13.2 Å². The molecule has 1 nitrogen and oxygen atoms in total. The predicted molar refractivity (Wildman–Crippen MR) is 44.4 cm³/mol. The molecule has 1 rings (SSSR count). The van der Waals surface area contributed by atoms with Crippen LogP contribution in [0, 0.1) is 5.92 Å². The Bertz CT molecular complexity index is 147. The van der Waals surface area contributed by atoms with Crippen LogP contribution in [0.2, 0.25) is 0 Å². The Hall–Kier alpha value is 0.480. The number of hydrogen-bond acceptors (Lipinski definition) is 1. The maximum absolute atomic E-state index is 12.1. The van der Waals surface area contributed by atoms with Crippen molar-refractivity contribution < 1.29 is 13.2 Å². The molecule has 5 heteroatoms. The molecule has 0 amide bonds. The molecule has 0 aliphatic carbocycles. The minimum atomic E-state index is -4.05. The number of halogens is 4. The molecule has 2 atom stereocenters. The van der Waals surface area contributed by atoms with E-state index in [9.17, 15) is 13.2 Å². The lowest BCUT2D eigenvalue weighted by Crippen LogP contribution is -2.35. The summed E-state index contributed by atoms with van der Waals surface area (Å²) in [6, 6.07) is -1.22. The van der Waals surface area contributed by atoms with Crippen LogP contribution in [0.25, 0.3) is 0 Å². The molecule has 0 aromatic rings. The molecular weight excluding hydrogens is 270 g/mol. The molecule has 66 valence electrons. The third kappa shape index (κ3) is 2.21. The van der Waals surface area contributed by atoms with Crippen LogP contribution >= 0.6 is 22.9 Å². The Morgan fingerprint density at radius 3 is 2.18 bits per heavy atom. The van der Waals surface area contributed by atoms with Crippen LogP contribution in [0.4, 0.5) is 13.2 Å². The minimum absolute atomic E-state index is 0.165. The summed E-state index contributed by atoms with van der Waals surface area (Å²) in [5.74, 6) is 0.165. The van der Waals surface area contributed by atoms with Crippen LogP contribution in [0.15, 0.2) is 0 Å². The second-order valence-electron chi connectivity index (χ2n) is 2.98. The van der Waals surface area contributed by atoms with Gasteiger partial charge in [-0.15, -0.1) is 0 Å². The van der Waals surface area contributed by atoms with E-state index in [1.807, 2.05) is 6.92 Å². The number of alkyl halides is 3. The smallest absolute Gasteiger partial charge is 0.235 e. The molecule has 11 heavy (non-hydrogen) atoms. The third-order valence-electron chi connectivity index (χ3n) is 1.83. The zero-order valence-electron chi connectivity index (χ0n) is 6.03. The Morgan fingerprint density at radius 1 is 1.45 bits per heavy atom. The molecule has 1 heterocycles. The summed E-state index contributed by atoms with van der Waals surface area (Å²) in [5.41, 5.74) is 0. The highest BCUT2D eigenvalue weighted by molar-refractivity contribution is 14.1. The van der Waals surface area contributed by atoms with Gasteiger partial charge in [-0.3, -0.25) is 0 Å². The van der Waals surface area contributed by atoms with Gasteiger partial charge in [-0.1, -0.05) is 6.92 Å². The van der Waals surface area contributed by atoms with Crippen molar-refractivity contribution in [3.05, 3.63) is 0 Å². The number of nitrogens with zero attached hydrogens (tertiary/aromatic N) is 1. The fraction of sp³-hybridized carbons (Fsp3) is 1.00. The van der Waals surface area contributed by atoms with Crippen LogP contribution in [-0.4, -0.2) is 21.9 Å². The van der Waals surface area contributed by atoms with Gasteiger partial charge in [0.15, 0.2) is 0 Å². The van der Waals surface area contributed by atoms with Crippen molar-refractivity contribution in [2.24, 2.45) is 5.92 Å². The molecule has 1 aliphatic rings. The van der Waals surface area contributed by atoms with E-state index in [1.54, 1.807) is 22.9 Å². The normalized spacial score (nSPS) is 34.6. The van der Waals surface area contributed by atoms with E-state index in [-0.39, 0.29) is 12.3 Å². The summed E-state index contributed by atoms with van der Waals surface area (Å²) >= 11 is 1.75. The summed E-state index contributed by atoms with van der Waals surface area (Å²) in [5, 5.41) is 0. The van der Waals surface area contributed by atoms with Gasteiger partial charge in [-0.05, 0) is 12.3 Å². The van der Waals surface area contributed by atoms with E-state index >= 15 is 0 Å². The lowest BCUT2D eigenvalue weighted by molar-refractivity contribution is -0.162. The first-order chi connectivity index (χ1) is 4.91. The summed E-state index contributed by atoms with van der Waals surface area (Å²) in [4.78, 5) is 0. The first kappa shape index (κ1) is 9.57. The first-order valence-electron chi connectivity index (χ1n) is 3.40. The molecule has 0 N–H and O–H groups in total. The molecule has 0 aromatic carbocycles. The molecule has 1 saturated heterocycles. The quantitative estimate of drug-likeness (QED) is 0.486. The predicted octanol–water partition coefficient (Wildman–Crippen LogP) is 2.61. The van der Waals surface area contributed by atoms with Gasteiger partial charge in [0, 0.05) is 29.4 Å². The minimum Gasteiger partial charge on any atom is -0.235 e. The van der Waals surface area contributed by atoms with Crippen molar-refractivity contribution in [2.75, 3.05) is 6.54 Å². The highest BCUT2D eigenvalue weighted by Crippen LogP contribution is 2.36. The van der Waals surface area contributed by atoms with E-state index in [0.29, 0.717) is 6.54 Å². The maximum atomic E-state index is 12.1. The second kappa shape index (κ2) is 3.08. The van der Waals surface area contributed by atoms with E-state index in [0.717, 1.165) is 0 Å². The van der Waals surface area contributed by atoms with E-state index in [1.165, 1.54) is 3.11 Å². The Labute approximate surface area is 77.4 Å². The number of rotatable bonds is 0. The van der Waals surface area contributed by atoms with Crippen molar-refractivity contribution in [3.63, 3.8) is 0 Å². The molecule has 0 spiro atoms. The Balaban J connectivity index is 2.60. The maximum Gasteiger partial charge on any atom is 0.404 e. The van der Waals surface area contributed by atoms with Crippen LogP contribution in [-0.2, 0) is 0 Å². The van der Waals surface area contributed by atoms with Crippen LogP contribution in [0.1, 0.15) is 13.3 Å². The fourth-order valence-electron chi connectivity index (χ4n) is 1.29. The van der Waals surface area contributed by atoms with Crippen molar-refractivity contribution in [2.45, 2.75) is 25.6 Å². The van der Waals surface area contributed by atoms with Gasteiger partial charge in [0.1, 0.15) is 6.04 Å². The summed E-state index contributed by atoms with van der Waals surface area (Å²) in [6.45, 7) is 2.39. The van der Waals surface area contributed by atoms with E-state index < -0.39 is 12.2 Å². The summed E-state index contributed by atoms with van der Waals surface area (Å²) in [7, 11) is 0. The summed E-state index contributed by atoms with van der Waals surface area (Å²) < 4.78 is 37.8.